The molecular weight excluding hydrogens is 438 g/mol. The number of ether oxygens (including phenoxy) is 2. The van der Waals surface area contributed by atoms with Gasteiger partial charge in [-0.15, -0.1) is 0 Å². The molecule has 0 spiro atoms. The molecule has 33 heavy (non-hydrogen) atoms. The fraction of sp³-hybridized carbons (Fsp3) is 0.520. The Morgan fingerprint density at radius 2 is 1.94 bits per heavy atom. The largest absolute Gasteiger partial charge is 0.497 e. The van der Waals surface area contributed by atoms with Crippen LogP contribution in [-0.2, 0) is 21.3 Å². The molecular formula is C25H35N3O4S. The maximum Gasteiger partial charge on any atom is 0.264 e. The Morgan fingerprint density at radius 1 is 1.18 bits per heavy atom. The van der Waals surface area contributed by atoms with Crippen LogP contribution in [0.15, 0.2) is 41.3 Å². The maximum absolute atomic E-state index is 13.8. The number of fused-ring (bicyclic) bond motifs is 1. The molecule has 0 aromatic heterocycles. The van der Waals surface area contributed by atoms with Crippen LogP contribution >= 0.6 is 0 Å². The molecule has 0 amide bonds. The van der Waals surface area contributed by atoms with E-state index >= 15 is 0 Å². The van der Waals surface area contributed by atoms with Crippen LogP contribution in [0.2, 0.25) is 0 Å². The standard InChI is InChI=1S/C25H35N3O4S/c1-18(2)16-28(24-7-5-22(31-4)13-19(24)3)33(29,30)23-6-8-25-21(14-23)15-26-27(25)17-20-9-11-32-12-10-20/h5-8,13-14,18,20,26H,9-12,15-17H2,1-4H3. The summed E-state index contributed by atoms with van der Waals surface area (Å²) >= 11 is 0. The van der Waals surface area contributed by atoms with Crippen LogP contribution in [0, 0.1) is 18.8 Å². The third kappa shape index (κ3) is 5.13. The Balaban J connectivity index is 1.62. The molecule has 2 aromatic carbocycles. The first-order valence-corrected chi connectivity index (χ1v) is 13.1. The molecule has 2 aliphatic heterocycles. The van der Waals surface area contributed by atoms with E-state index in [2.05, 4.69) is 10.4 Å². The molecule has 0 aliphatic carbocycles. The number of rotatable bonds is 8. The molecule has 8 heteroatoms. The van der Waals surface area contributed by atoms with Crippen molar-refractivity contribution in [2.45, 2.75) is 45.1 Å². The highest BCUT2D eigenvalue weighted by Gasteiger charge is 2.30. The van der Waals surface area contributed by atoms with Crippen LogP contribution < -0.4 is 19.5 Å². The van der Waals surface area contributed by atoms with Gasteiger partial charge in [0.25, 0.3) is 10.0 Å². The second kappa shape index (κ2) is 9.91. The molecule has 180 valence electrons. The van der Waals surface area contributed by atoms with Crippen LogP contribution in [0.1, 0.15) is 37.8 Å². The van der Waals surface area contributed by atoms with Crippen molar-refractivity contribution in [2.24, 2.45) is 11.8 Å². The number of methoxy groups -OCH3 is 1. The van der Waals surface area contributed by atoms with Crippen molar-refractivity contribution < 1.29 is 17.9 Å². The van der Waals surface area contributed by atoms with Gasteiger partial charge in [0.15, 0.2) is 0 Å². The minimum Gasteiger partial charge on any atom is -0.497 e. The average Bonchev–Trinajstić information content (AvgIpc) is 3.20. The van der Waals surface area contributed by atoms with Crippen molar-refractivity contribution in [3.8, 4) is 5.75 Å². The number of aryl methyl sites for hydroxylation is 1. The fourth-order valence-corrected chi connectivity index (χ4v) is 6.31. The second-order valence-electron chi connectivity index (χ2n) is 9.37. The van der Waals surface area contributed by atoms with Gasteiger partial charge >= 0.3 is 0 Å². The molecule has 2 heterocycles. The number of hydrogen-bond donors (Lipinski definition) is 1. The molecule has 0 atom stereocenters. The second-order valence-corrected chi connectivity index (χ2v) is 11.2. The van der Waals surface area contributed by atoms with Gasteiger partial charge in [-0.3, -0.25) is 4.31 Å². The normalized spacial score (nSPS) is 16.8. The van der Waals surface area contributed by atoms with Crippen molar-refractivity contribution >= 4 is 21.4 Å². The van der Waals surface area contributed by atoms with E-state index in [1.54, 1.807) is 13.2 Å². The lowest BCUT2D eigenvalue weighted by Crippen LogP contribution is -2.38. The summed E-state index contributed by atoms with van der Waals surface area (Å²) in [6.07, 6.45) is 2.12. The van der Waals surface area contributed by atoms with Crippen LogP contribution in [0.5, 0.6) is 5.75 Å². The summed E-state index contributed by atoms with van der Waals surface area (Å²) in [5.74, 6) is 1.47. The summed E-state index contributed by atoms with van der Waals surface area (Å²) in [7, 11) is -2.12. The predicted octanol–water partition coefficient (Wildman–Crippen LogP) is 4.11. The number of nitrogens with zero attached hydrogens (tertiary/aromatic N) is 2. The minimum atomic E-state index is -3.73. The van der Waals surface area contributed by atoms with Gasteiger partial charge in [0, 0.05) is 32.8 Å². The molecule has 2 aliphatic rings. The van der Waals surface area contributed by atoms with Crippen molar-refractivity contribution in [3.63, 3.8) is 0 Å². The van der Waals surface area contributed by atoms with Gasteiger partial charge in [0.05, 0.1) is 23.4 Å². The van der Waals surface area contributed by atoms with Gasteiger partial charge in [0.1, 0.15) is 5.75 Å². The molecule has 4 rings (SSSR count). The summed E-state index contributed by atoms with van der Waals surface area (Å²) < 4.78 is 40.0. The Kier molecular flexibility index (Phi) is 7.16. The van der Waals surface area contributed by atoms with E-state index in [9.17, 15) is 8.42 Å². The monoisotopic (exact) mass is 473 g/mol. The first-order chi connectivity index (χ1) is 15.8. The molecule has 0 bridgehead atoms. The minimum absolute atomic E-state index is 0.173. The van der Waals surface area contributed by atoms with E-state index in [1.807, 2.05) is 51.1 Å². The van der Waals surface area contributed by atoms with Gasteiger partial charge in [-0.05, 0) is 79.1 Å². The van der Waals surface area contributed by atoms with Crippen molar-refractivity contribution in [1.82, 2.24) is 5.43 Å². The number of nitrogens with one attached hydrogen (secondary N) is 1. The van der Waals surface area contributed by atoms with Crippen molar-refractivity contribution in [1.29, 1.82) is 0 Å². The molecule has 2 aromatic rings. The Hall–Kier alpha value is -2.29. The predicted molar refractivity (Wildman–Crippen MR) is 131 cm³/mol. The Morgan fingerprint density at radius 3 is 2.61 bits per heavy atom. The lowest BCUT2D eigenvalue weighted by molar-refractivity contribution is 0.0677. The zero-order valence-electron chi connectivity index (χ0n) is 20.0. The summed E-state index contributed by atoms with van der Waals surface area (Å²) in [5, 5.41) is 2.17. The smallest absolute Gasteiger partial charge is 0.264 e. The quantitative estimate of drug-likeness (QED) is 0.622. The summed E-state index contributed by atoms with van der Waals surface area (Å²) in [6, 6.07) is 11.0. The highest BCUT2D eigenvalue weighted by atomic mass is 32.2. The van der Waals surface area contributed by atoms with E-state index in [1.165, 1.54) is 4.31 Å². The number of anilines is 2. The van der Waals surface area contributed by atoms with Crippen LogP contribution in [0.3, 0.4) is 0 Å². The van der Waals surface area contributed by atoms with Crippen LogP contribution in [0.25, 0.3) is 0 Å². The number of hydrogen-bond acceptors (Lipinski definition) is 6. The molecule has 1 N–H and O–H groups in total. The zero-order chi connectivity index (χ0) is 23.6. The van der Waals surface area contributed by atoms with Crippen LogP contribution in [0.4, 0.5) is 11.4 Å². The highest BCUT2D eigenvalue weighted by Crippen LogP contribution is 2.34. The first kappa shape index (κ1) is 23.9. The average molecular weight is 474 g/mol. The third-order valence-corrected chi connectivity index (χ3v) is 8.15. The number of sulfonamides is 1. The van der Waals surface area contributed by atoms with Gasteiger partial charge in [-0.2, -0.15) is 0 Å². The summed E-state index contributed by atoms with van der Waals surface area (Å²) in [5.41, 5.74) is 7.06. The molecule has 7 nitrogen and oxygen atoms in total. The lowest BCUT2D eigenvalue weighted by atomic mass is 10.00. The van der Waals surface area contributed by atoms with Gasteiger partial charge < -0.3 is 14.5 Å². The van der Waals surface area contributed by atoms with Crippen molar-refractivity contribution in [2.75, 3.05) is 42.7 Å². The Labute approximate surface area is 197 Å². The van der Waals surface area contributed by atoms with E-state index in [-0.39, 0.29) is 5.92 Å². The van der Waals surface area contributed by atoms with E-state index in [4.69, 9.17) is 9.47 Å². The molecule has 0 unspecified atom stereocenters. The SMILES string of the molecule is COc1ccc(N(CC(C)C)S(=O)(=O)c2ccc3c(c2)CNN3CC2CCOCC2)c(C)c1. The molecule has 0 radical (unpaired) electrons. The van der Waals surface area contributed by atoms with Crippen molar-refractivity contribution in [3.05, 3.63) is 47.5 Å². The first-order valence-electron chi connectivity index (χ1n) is 11.7. The molecule has 1 saturated heterocycles. The van der Waals surface area contributed by atoms with Gasteiger partial charge in [-0.25, -0.2) is 13.8 Å². The maximum atomic E-state index is 13.8. The van der Waals surface area contributed by atoms with E-state index in [0.717, 1.165) is 49.4 Å². The van der Waals surface area contributed by atoms with E-state index in [0.29, 0.717) is 35.3 Å². The number of hydrazine groups is 1. The fourth-order valence-electron chi connectivity index (χ4n) is 4.56. The van der Waals surface area contributed by atoms with Gasteiger partial charge in [-0.1, -0.05) is 13.8 Å². The lowest BCUT2D eigenvalue weighted by Gasteiger charge is -2.29. The summed E-state index contributed by atoms with van der Waals surface area (Å²) in [6.45, 7) is 9.56. The molecule has 1 fully saturated rings. The summed E-state index contributed by atoms with van der Waals surface area (Å²) in [4.78, 5) is 0.326. The number of benzene rings is 2. The molecule has 0 saturated carbocycles. The van der Waals surface area contributed by atoms with Gasteiger partial charge in [0.2, 0.25) is 0 Å². The third-order valence-electron chi connectivity index (χ3n) is 6.38. The van der Waals surface area contributed by atoms with Crippen LogP contribution in [-0.4, -0.2) is 41.8 Å². The topological polar surface area (TPSA) is 71.1 Å². The zero-order valence-corrected chi connectivity index (χ0v) is 20.8. The Bertz CT molecular complexity index is 1080. The van der Waals surface area contributed by atoms with E-state index < -0.39 is 10.0 Å². The highest BCUT2D eigenvalue weighted by molar-refractivity contribution is 7.92.